The van der Waals surface area contributed by atoms with Crippen LogP contribution in [0.3, 0.4) is 0 Å². The van der Waals surface area contributed by atoms with Crippen molar-refractivity contribution in [3.63, 3.8) is 0 Å². The maximum atomic E-state index is 12.9. The van der Waals surface area contributed by atoms with Crippen LogP contribution in [0, 0.1) is 12.8 Å². The summed E-state index contributed by atoms with van der Waals surface area (Å²) in [6.45, 7) is 3.39. The predicted molar refractivity (Wildman–Crippen MR) is 115 cm³/mol. The fourth-order valence-corrected chi connectivity index (χ4v) is 4.78. The zero-order valence-corrected chi connectivity index (χ0v) is 19.1. The molecular weight excluding hydrogens is 454 g/mol. The fourth-order valence-electron chi connectivity index (χ4n) is 3.31. The third-order valence-corrected chi connectivity index (χ3v) is 6.94. The number of benzene rings is 1. The van der Waals surface area contributed by atoms with Gasteiger partial charge < -0.3 is 14.0 Å². The molecular formula is C21H25N3O8S. The van der Waals surface area contributed by atoms with Gasteiger partial charge in [-0.2, -0.15) is 4.31 Å². The molecule has 0 bridgehead atoms. The zero-order valence-electron chi connectivity index (χ0n) is 18.3. The average Bonchev–Trinajstić information content (AvgIpc) is 3.22. The number of nitrogens with one attached hydrogen (secondary N) is 1. The van der Waals surface area contributed by atoms with Crippen LogP contribution in [-0.4, -0.2) is 62.0 Å². The standard InChI is InChI=1S/C21H25N3O8S/c1-3-30-20(26)15-4-6-17(7-5-15)33(28,29)24-10-8-16(9-11-24)21(27)31-13-18(25)22-19-12-14(2)23-32-19/h4-7,12,16H,3,8-11,13H2,1-2H3,(H,22,25). The van der Waals surface area contributed by atoms with Crippen molar-refractivity contribution in [2.24, 2.45) is 5.92 Å². The first-order chi connectivity index (χ1) is 15.7. The second kappa shape index (κ2) is 10.6. The molecule has 1 aliphatic rings. The molecule has 1 amide bonds. The average molecular weight is 480 g/mol. The van der Waals surface area contributed by atoms with Gasteiger partial charge in [0.2, 0.25) is 15.9 Å². The monoisotopic (exact) mass is 479 g/mol. The smallest absolute Gasteiger partial charge is 0.338 e. The lowest BCUT2D eigenvalue weighted by Gasteiger charge is -2.30. The number of amides is 1. The number of anilines is 1. The van der Waals surface area contributed by atoms with E-state index in [0.717, 1.165) is 0 Å². The van der Waals surface area contributed by atoms with E-state index in [1.165, 1.54) is 34.6 Å². The fraction of sp³-hybridized carbons (Fsp3) is 0.429. The van der Waals surface area contributed by atoms with E-state index in [1.807, 2.05) is 0 Å². The van der Waals surface area contributed by atoms with Crippen molar-refractivity contribution < 1.29 is 36.8 Å². The van der Waals surface area contributed by atoms with Gasteiger partial charge in [-0.25, -0.2) is 13.2 Å². The van der Waals surface area contributed by atoms with Crippen LogP contribution in [0.2, 0.25) is 0 Å². The highest BCUT2D eigenvalue weighted by Gasteiger charge is 2.33. The molecule has 2 aromatic rings. The van der Waals surface area contributed by atoms with E-state index >= 15 is 0 Å². The van der Waals surface area contributed by atoms with Crippen LogP contribution in [0.5, 0.6) is 0 Å². The van der Waals surface area contributed by atoms with Crippen LogP contribution in [0.15, 0.2) is 39.8 Å². The molecule has 0 spiro atoms. The van der Waals surface area contributed by atoms with Crippen molar-refractivity contribution in [3.8, 4) is 0 Å². The van der Waals surface area contributed by atoms with E-state index in [-0.39, 0.29) is 48.9 Å². The number of hydrogen-bond donors (Lipinski definition) is 1. The first-order valence-corrected chi connectivity index (χ1v) is 11.8. The van der Waals surface area contributed by atoms with Crippen LogP contribution in [0.1, 0.15) is 35.8 Å². The van der Waals surface area contributed by atoms with Crippen molar-refractivity contribution in [2.75, 3.05) is 31.6 Å². The van der Waals surface area contributed by atoms with E-state index in [4.69, 9.17) is 14.0 Å². The normalized spacial score (nSPS) is 15.1. The van der Waals surface area contributed by atoms with Crippen LogP contribution in [0.25, 0.3) is 0 Å². The molecule has 1 fully saturated rings. The topological polar surface area (TPSA) is 145 Å². The SMILES string of the molecule is CCOC(=O)c1ccc(S(=O)(=O)N2CCC(C(=O)OCC(=O)Nc3cc(C)no3)CC2)cc1. The van der Waals surface area contributed by atoms with Gasteiger partial charge in [0, 0.05) is 19.2 Å². The van der Waals surface area contributed by atoms with Gasteiger partial charge in [0.25, 0.3) is 5.91 Å². The molecule has 0 radical (unpaired) electrons. The number of sulfonamides is 1. The highest BCUT2D eigenvalue weighted by atomic mass is 32.2. The third-order valence-electron chi connectivity index (χ3n) is 5.03. The molecule has 1 N–H and O–H groups in total. The van der Waals surface area contributed by atoms with Gasteiger partial charge in [-0.3, -0.25) is 14.9 Å². The molecule has 2 heterocycles. The lowest BCUT2D eigenvalue weighted by Crippen LogP contribution is -2.40. The summed E-state index contributed by atoms with van der Waals surface area (Å²) in [4.78, 5) is 35.9. The number of carbonyl (C=O) groups excluding carboxylic acids is 3. The minimum absolute atomic E-state index is 0.0518. The van der Waals surface area contributed by atoms with Gasteiger partial charge >= 0.3 is 11.9 Å². The van der Waals surface area contributed by atoms with Gasteiger partial charge in [-0.15, -0.1) is 0 Å². The molecule has 1 aromatic carbocycles. The molecule has 33 heavy (non-hydrogen) atoms. The zero-order chi connectivity index (χ0) is 24.0. The number of hydrogen-bond acceptors (Lipinski definition) is 9. The van der Waals surface area contributed by atoms with E-state index in [1.54, 1.807) is 13.8 Å². The lowest BCUT2D eigenvalue weighted by molar-refractivity contribution is -0.152. The van der Waals surface area contributed by atoms with Crippen LogP contribution >= 0.6 is 0 Å². The third kappa shape index (κ3) is 6.17. The van der Waals surface area contributed by atoms with E-state index < -0.39 is 40.4 Å². The Kier molecular flexibility index (Phi) is 7.82. The molecule has 0 saturated carbocycles. The number of aryl methyl sites for hydroxylation is 1. The Labute approximate surface area is 191 Å². The Bertz CT molecular complexity index is 1100. The molecule has 3 rings (SSSR count). The Hall–Kier alpha value is -3.25. The van der Waals surface area contributed by atoms with Crippen molar-refractivity contribution in [1.29, 1.82) is 0 Å². The van der Waals surface area contributed by atoms with Crippen molar-refractivity contribution in [3.05, 3.63) is 41.6 Å². The molecule has 12 heteroatoms. The van der Waals surface area contributed by atoms with E-state index in [9.17, 15) is 22.8 Å². The Morgan fingerprint density at radius 1 is 1.15 bits per heavy atom. The van der Waals surface area contributed by atoms with Gasteiger partial charge in [-0.1, -0.05) is 5.16 Å². The first-order valence-electron chi connectivity index (χ1n) is 10.4. The molecule has 178 valence electrons. The summed E-state index contributed by atoms with van der Waals surface area (Å²) in [5, 5.41) is 6.06. The molecule has 0 aliphatic carbocycles. The van der Waals surface area contributed by atoms with E-state index in [2.05, 4.69) is 10.5 Å². The second-order valence-electron chi connectivity index (χ2n) is 7.41. The highest BCUT2D eigenvalue weighted by Crippen LogP contribution is 2.25. The number of piperidine rings is 1. The predicted octanol–water partition coefficient (Wildman–Crippen LogP) is 1.74. The maximum absolute atomic E-state index is 12.9. The minimum Gasteiger partial charge on any atom is -0.462 e. The molecule has 11 nitrogen and oxygen atoms in total. The number of nitrogens with zero attached hydrogens (tertiary/aromatic N) is 2. The number of aromatic nitrogens is 1. The van der Waals surface area contributed by atoms with E-state index in [0.29, 0.717) is 5.69 Å². The summed E-state index contributed by atoms with van der Waals surface area (Å²) in [6.07, 6.45) is 0.532. The summed E-state index contributed by atoms with van der Waals surface area (Å²) in [5.41, 5.74) is 0.860. The number of ether oxygens (including phenoxy) is 2. The van der Waals surface area contributed by atoms with Crippen molar-refractivity contribution in [1.82, 2.24) is 9.46 Å². The van der Waals surface area contributed by atoms with Crippen LogP contribution in [0.4, 0.5) is 5.88 Å². The highest BCUT2D eigenvalue weighted by molar-refractivity contribution is 7.89. The second-order valence-corrected chi connectivity index (χ2v) is 9.35. The molecule has 0 atom stereocenters. The first kappa shape index (κ1) is 24.4. The summed E-state index contributed by atoms with van der Waals surface area (Å²) < 4.78 is 41.9. The molecule has 1 aromatic heterocycles. The summed E-state index contributed by atoms with van der Waals surface area (Å²) in [7, 11) is -3.78. The summed E-state index contributed by atoms with van der Waals surface area (Å²) >= 11 is 0. The van der Waals surface area contributed by atoms with Gasteiger partial charge in [0.15, 0.2) is 6.61 Å². The number of esters is 2. The quantitative estimate of drug-likeness (QED) is 0.560. The minimum atomic E-state index is -3.78. The molecule has 1 aliphatic heterocycles. The van der Waals surface area contributed by atoms with Gasteiger partial charge in [0.1, 0.15) is 0 Å². The molecule has 0 unspecified atom stereocenters. The van der Waals surface area contributed by atoms with Gasteiger partial charge in [0.05, 0.1) is 28.7 Å². The van der Waals surface area contributed by atoms with Crippen LogP contribution in [-0.2, 0) is 29.1 Å². The van der Waals surface area contributed by atoms with Crippen molar-refractivity contribution >= 4 is 33.8 Å². The Morgan fingerprint density at radius 3 is 2.39 bits per heavy atom. The maximum Gasteiger partial charge on any atom is 0.338 e. The Balaban J connectivity index is 1.49. The lowest BCUT2D eigenvalue weighted by atomic mass is 9.98. The van der Waals surface area contributed by atoms with Gasteiger partial charge in [-0.05, 0) is 51.0 Å². The van der Waals surface area contributed by atoms with Crippen molar-refractivity contribution in [2.45, 2.75) is 31.6 Å². The number of carbonyl (C=O) groups is 3. The largest absolute Gasteiger partial charge is 0.462 e. The molecule has 1 saturated heterocycles. The summed E-state index contributed by atoms with van der Waals surface area (Å²) in [5.74, 6) is -2.00. The number of rotatable bonds is 8. The Morgan fingerprint density at radius 2 is 1.82 bits per heavy atom. The summed E-state index contributed by atoms with van der Waals surface area (Å²) in [6, 6.07) is 7.05. The van der Waals surface area contributed by atoms with Crippen LogP contribution < -0.4 is 5.32 Å².